The molecule has 0 aromatic carbocycles. The Morgan fingerprint density at radius 3 is 2.93 bits per heavy atom. The molecule has 0 aliphatic rings. The molecule has 1 heterocycles. The summed E-state index contributed by atoms with van der Waals surface area (Å²) in [6.07, 6.45) is 2.59. The van der Waals surface area contributed by atoms with Crippen molar-refractivity contribution in [1.29, 1.82) is 0 Å². The van der Waals surface area contributed by atoms with Crippen LogP contribution >= 0.6 is 0 Å². The molecule has 1 aromatic heterocycles. The van der Waals surface area contributed by atoms with Gasteiger partial charge >= 0.3 is 0 Å². The van der Waals surface area contributed by atoms with E-state index in [0.29, 0.717) is 32.1 Å². The standard InChI is InChI=1S/C9H18N4O2/c1-14-4-2-5-15-6-3-13-8-11-9(7-10)12-13/h8H,2-7,10H2,1H3. The summed E-state index contributed by atoms with van der Waals surface area (Å²) in [5, 5.41) is 4.14. The first-order chi connectivity index (χ1) is 7.36. The van der Waals surface area contributed by atoms with Crippen LogP contribution in [-0.2, 0) is 22.6 Å². The molecule has 1 aromatic rings. The molecule has 0 aliphatic carbocycles. The van der Waals surface area contributed by atoms with E-state index < -0.39 is 0 Å². The van der Waals surface area contributed by atoms with Gasteiger partial charge in [-0.25, -0.2) is 4.98 Å². The second-order valence-electron chi connectivity index (χ2n) is 3.09. The highest BCUT2D eigenvalue weighted by Crippen LogP contribution is 1.89. The van der Waals surface area contributed by atoms with Crippen molar-refractivity contribution in [3.63, 3.8) is 0 Å². The molecule has 0 amide bonds. The number of hydrogen-bond donors (Lipinski definition) is 1. The average Bonchev–Trinajstić information content (AvgIpc) is 2.71. The molecule has 2 N–H and O–H groups in total. The van der Waals surface area contributed by atoms with Gasteiger partial charge in [0.25, 0.3) is 0 Å². The molecule has 0 fully saturated rings. The first kappa shape index (κ1) is 12.1. The molecule has 0 bridgehead atoms. The molecule has 0 saturated carbocycles. The number of rotatable bonds is 8. The number of aromatic nitrogens is 3. The Kier molecular flexibility index (Phi) is 5.91. The lowest BCUT2D eigenvalue weighted by Gasteiger charge is -2.03. The molecule has 0 atom stereocenters. The zero-order valence-electron chi connectivity index (χ0n) is 9.06. The monoisotopic (exact) mass is 214 g/mol. The Balaban J connectivity index is 2.04. The van der Waals surface area contributed by atoms with Gasteiger partial charge in [-0.3, -0.25) is 4.68 Å². The SMILES string of the molecule is COCCCOCCn1cnc(CN)n1. The zero-order valence-corrected chi connectivity index (χ0v) is 9.06. The van der Waals surface area contributed by atoms with Gasteiger partial charge in [-0.05, 0) is 6.42 Å². The normalized spacial score (nSPS) is 10.8. The van der Waals surface area contributed by atoms with Crippen molar-refractivity contribution in [3.05, 3.63) is 12.2 Å². The van der Waals surface area contributed by atoms with Crippen LogP contribution in [0.4, 0.5) is 0 Å². The minimum atomic E-state index is 0.377. The van der Waals surface area contributed by atoms with E-state index in [1.54, 1.807) is 18.1 Å². The highest BCUT2D eigenvalue weighted by Gasteiger charge is 1.97. The summed E-state index contributed by atoms with van der Waals surface area (Å²) in [5.74, 6) is 0.661. The second kappa shape index (κ2) is 7.33. The van der Waals surface area contributed by atoms with Gasteiger partial charge in [0.2, 0.25) is 0 Å². The van der Waals surface area contributed by atoms with Crippen molar-refractivity contribution >= 4 is 0 Å². The van der Waals surface area contributed by atoms with Crippen LogP contribution in [0.25, 0.3) is 0 Å². The summed E-state index contributed by atoms with van der Waals surface area (Å²) in [4.78, 5) is 4.01. The number of ether oxygens (including phenoxy) is 2. The van der Waals surface area contributed by atoms with Gasteiger partial charge in [0.05, 0.1) is 19.7 Å². The fraction of sp³-hybridized carbons (Fsp3) is 0.778. The van der Waals surface area contributed by atoms with Crippen LogP contribution < -0.4 is 5.73 Å². The van der Waals surface area contributed by atoms with Gasteiger partial charge in [0, 0.05) is 20.3 Å². The third-order valence-corrected chi connectivity index (χ3v) is 1.87. The fourth-order valence-electron chi connectivity index (χ4n) is 1.10. The second-order valence-corrected chi connectivity index (χ2v) is 3.09. The lowest BCUT2D eigenvalue weighted by atomic mass is 10.5. The van der Waals surface area contributed by atoms with Crippen molar-refractivity contribution in [2.24, 2.45) is 5.73 Å². The van der Waals surface area contributed by atoms with Crippen molar-refractivity contribution in [2.45, 2.75) is 19.5 Å². The van der Waals surface area contributed by atoms with Crippen LogP contribution in [0.5, 0.6) is 0 Å². The van der Waals surface area contributed by atoms with Gasteiger partial charge in [0.15, 0.2) is 5.82 Å². The minimum Gasteiger partial charge on any atom is -0.385 e. The molecular formula is C9H18N4O2. The summed E-state index contributed by atoms with van der Waals surface area (Å²) in [5.41, 5.74) is 5.39. The Hall–Kier alpha value is -0.980. The molecule has 1 rings (SSSR count). The Morgan fingerprint density at radius 2 is 2.27 bits per heavy atom. The molecule has 6 nitrogen and oxygen atoms in total. The molecule has 0 unspecified atom stereocenters. The van der Waals surface area contributed by atoms with Crippen LogP contribution in [0.2, 0.25) is 0 Å². The first-order valence-electron chi connectivity index (χ1n) is 5.02. The summed E-state index contributed by atoms with van der Waals surface area (Å²) >= 11 is 0. The van der Waals surface area contributed by atoms with Gasteiger partial charge < -0.3 is 15.2 Å². The molecule has 6 heteroatoms. The van der Waals surface area contributed by atoms with Gasteiger partial charge in [-0.15, -0.1) is 0 Å². The third kappa shape index (κ3) is 4.87. The highest BCUT2D eigenvalue weighted by atomic mass is 16.5. The summed E-state index contributed by atoms with van der Waals surface area (Å²) in [6, 6.07) is 0. The molecule has 0 aliphatic heterocycles. The number of nitrogens with zero attached hydrogens (tertiary/aromatic N) is 3. The molecule has 15 heavy (non-hydrogen) atoms. The lowest BCUT2D eigenvalue weighted by Crippen LogP contribution is -2.09. The number of nitrogens with two attached hydrogens (primary N) is 1. The zero-order chi connectivity index (χ0) is 10.9. The van der Waals surface area contributed by atoms with Gasteiger partial charge in [-0.2, -0.15) is 5.10 Å². The number of hydrogen-bond acceptors (Lipinski definition) is 5. The van der Waals surface area contributed by atoms with E-state index in [1.807, 2.05) is 0 Å². The smallest absolute Gasteiger partial charge is 0.164 e. The van der Waals surface area contributed by atoms with Crippen LogP contribution in [-0.4, -0.2) is 41.7 Å². The first-order valence-corrected chi connectivity index (χ1v) is 5.02. The molecular weight excluding hydrogens is 196 g/mol. The summed E-state index contributed by atoms with van der Waals surface area (Å²) < 4.78 is 12.0. The van der Waals surface area contributed by atoms with Gasteiger partial charge in [-0.1, -0.05) is 0 Å². The highest BCUT2D eigenvalue weighted by molar-refractivity contribution is 4.78. The van der Waals surface area contributed by atoms with Gasteiger partial charge in [0.1, 0.15) is 6.33 Å². The van der Waals surface area contributed by atoms with E-state index in [0.717, 1.165) is 13.0 Å². The quantitative estimate of drug-likeness (QED) is 0.606. The average molecular weight is 214 g/mol. The maximum absolute atomic E-state index is 5.39. The third-order valence-electron chi connectivity index (χ3n) is 1.87. The van der Waals surface area contributed by atoms with E-state index in [4.69, 9.17) is 15.2 Å². The van der Waals surface area contributed by atoms with Crippen LogP contribution in [0.3, 0.4) is 0 Å². The van der Waals surface area contributed by atoms with E-state index >= 15 is 0 Å². The maximum Gasteiger partial charge on any atom is 0.164 e. The number of methoxy groups -OCH3 is 1. The minimum absolute atomic E-state index is 0.377. The summed E-state index contributed by atoms with van der Waals surface area (Å²) in [6.45, 7) is 3.17. The van der Waals surface area contributed by atoms with E-state index in [2.05, 4.69) is 10.1 Å². The molecule has 0 saturated heterocycles. The predicted octanol–water partition coefficient (Wildman–Crippen LogP) is -0.210. The fourth-order valence-corrected chi connectivity index (χ4v) is 1.10. The summed E-state index contributed by atoms with van der Waals surface area (Å²) in [7, 11) is 1.68. The Morgan fingerprint density at radius 1 is 1.40 bits per heavy atom. The lowest BCUT2D eigenvalue weighted by molar-refractivity contribution is 0.0960. The van der Waals surface area contributed by atoms with Crippen molar-refractivity contribution in [2.75, 3.05) is 26.9 Å². The van der Waals surface area contributed by atoms with Crippen molar-refractivity contribution in [3.8, 4) is 0 Å². The van der Waals surface area contributed by atoms with E-state index in [-0.39, 0.29) is 0 Å². The molecule has 0 radical (unpaired) electrons. The topological polar surface area (TPSA) is 75.2 Å². The molecule has 86 valence electrons. The largest absolute Gasteiger partial charge is 0.385 e. The van der Waals surface area contributed by atoms with Crippen molar-refractivity contribution < 1.29 is 9.47 Å². The Bertz CT molecular complexity index is 264. The van der Waals surface area contributed by atoms with E-state index in [9.17, 15) is 0 Å². The van der Waals surface area contributed by atoms with Crippen LogP contribution in [0, 0.1) is 0 Å². The van der Waals surface area contributed by atoms with Crippen molar-refractivity contribution in [1.82, 2.24) is 14.8 Å². The van der Waals surface area contributed by atoms with Crippen LogP contribution in [0.15, 0.2) is 6.33 Å². The molecule has 0 spiro atoms. The predicted molar refractivity (Wildman–Crippen MR) is 55.2 cm³/mol. The van der Waals surface area contributed by atoms with E-state index in [1.165, 1.54) is 0 Å². The Labute approximate surface area is 89.4 Å². The van der Waals surface area contributed by atoms with Crippen LogP contribution in [0.1, 0.15) is 12.2 Å². The maximum atomic E-state index is 5.39.